The number of para-hydroxylation sites is 1. The molecule has 4 aromatic rings. The number of carbonyl (C=O) groups excluding carboxylic acids is 1. The molecule has 0 fully saturated rings. The molecule has 0 atom stereocenters. The quantitative estimate of drug-likeness (QED) is 0.407. The number of carbonyl (C=O) groups is 1. The lowest BCUT2D eigenvalue weighted by atomic mass is 10.0. The van der Waals surface area contributed by atoms with Crippen LogP contribution in [0, 0.1) is 0 Å². The Labute approximate surface area is 160 Å². The molecule has 2 aromatic heterocycles. The van der Waals surface area contributed by atoms with Crippen LogP contribution in [0.15, 0.2) is 82.5 Å². The fourth-order valence-electron chi connectivity index (χ4n) is 2.75. The minimum absolute atomic E-state index is 0.343. The van der Waals surface area contributed by atoms with E-state index >= 15 is 0 Å². The topological polar surface area (TPSA) is 67.5 Å². The minimum atomic E-state index is -0.343. The highest BCUT2D eigenvalue weighted by atomic mass is 35.5. The molecule has 0 unspecified atom stereocenters. The number of benzene rings is 2. The molecule has 27 heavy (non-hydrogen) atoms. The average molecular weight is 376 g/mol. The van der Waals surface area contributed by atoms with Crippen molar-refractivity contribution < 1.29 is 9.21 Å². The highest BCUT2D eigenvalue weighted by molar-refractivity contribution is 6.33. The maximum atomic E-state index is 12.7. The highest BCUT2D eigenvalue weighted by Crippen LogP contribution is 2.29. The Hall–Kier alpha value is -3.44. The van der Waals surface area contributed by atoms with Crippen molar-refractivity contribution in [2.24, 2.45) is 5.10 Å². The number of hydrogen-bond acceptors (Lipinski definition) is 4. The summed E-state index contributed by atoms with van der Waals surface area (Å²) in [5, 5.41) is 5.26. The van der Waals surface area contributed by atoms with Crippen LogP contribution in [0.3, 0.4) is 0 Å². The van der Waals surface area contributed by atoms with E-state index in [1.54, 1.807) is 24.3 Å². The Bertz CT molecular complexity index is 1140. The van der Waals surface area contributed by atoms with E-state index in [-0.39, 0.29) is 5.91 Å². The Morgan fingerprint density at radius 2 is 1.89 bits per heavy atom. The Morgan fingerprint density at radius 3 is 2.70 bits per heavy atom. The monoisotopic (exact) mass is 375 g/mol. The van der Waals surface area contributed by atoms with Gasteiger partial charge in [-0.15, -0.1) is 0 Å². The second-order valence-electron chi connectivity index (χ2n) is 5.77. The maximum absolute atomic E-state index is 12.7. The van der Waals surface area contributed by atoms with Gasteiger partial charge in [0.15, 0.2) is 0 Å². The molecule has 2 aromatic carbocycles. The van der Waals surface area contributed by atoms with Gasteiger partial charge in [0.1, 0.15) is 5.76 Å². The zero-order chi connectivity index (χ0) is 18.6. The number of rotatable bonds is 4. The Balaban J connectivity index is 1.74. The summed E-state index contributed by atoms with van der Waals surface area (Å²) >= 11 is 6.31. The number of aromatic nitrogens is 1. The van der Waals surface area contributed by atoms with Gasteiger partial charge >= 0.3 is 0 Å². The third kappa shape index (κ3) is 3.59. The van der Waals surface area contributed by atoms with Crippen molar-refractivity contribution in [3.63, 3.8) is 0 Å². The molecule has 0 spiro atoms. The van der Waals surface area contributed by atoms with Gasteiger partial charge in [0, 0.05) is 16.0 Å². The van der Waals surface area contributed by atoms with Crippen molar-refractivity contribution in [3.8, 4) is 11.3 Å². The first-order valence-electron chi connectivity index (χ1n) is 8.24. The van der Waals surface area contributed by atoms with Crippen LogP contribution in [0.1, 0.15) is 16.1 Å². The molecule has 0 bridgehead atoms. The van der Waals surface area contributed by atoms with E-state index < -0.39 is 0 Å². The molecule has 2 heterocycles. The van der Waals surface area contributed by atoms with E-state index in [9.17, 15) is 4.79 Å². The third-order valence-electron chi connectivity index (χ3n) is 4.01. The molecule has 5 nitrogen and oxygen atoms in total. The number of nitrogens with one attached hydrogen (secondary N) is 1. The summed E-state index contributed by atoms with van der Waals surface area (Å²) in [6.45, 7) is 0. The van der Waals surface area contributed by atoms with Crippen LogP contribution in [0.2, 0.25) is 5.02 Å². The molecule has 1 amide bonds. The van der Waals surface area contributed by atoms with E-state index in [2.05, 4.69) is 15.5 Å². The van der Waals surface area contributed by atoms with E-state index in [1.807, 2.05) is 42.5 Å². The maximum Gasteiger partial charge on any atom is 0.272 e. The number of amides is 1. The number of furan rings is 1. The van der Waals surface area contributed by atoms with Crippen LogP contribution in [0.5, 0.6) is 0 Å². The van der Waals surface area contributed by atoms with Gasteiger partial charge in [-0.25, -0.2) is 10.4 Å². The molecule has 0 saturated heterocycles. The van der Waals surface area contributed by atoms with E-state index in [1.165, 1.54) is 12.5 Å². The predicted molar refractivity (Wildman–Crippen MR) is 106 cm³/mol. The summed E-state index contributed by atoms with van der Waals surface area (Å²) < 4.78 is 5.16. The van der Waals surface area contributed by atoms with E-state index in [4.69, 9.17) is 16.0 Å². The molecule has 0 saturated carbocycles. The zero-order valence-electron chi connectivity index (χ0n) is 14.1. The largest absolute Gasteiger partial charge is 0.463 e. The molecular weight excluding hydrogens is 362 g/mol. The molecule has 0 aliphatic rings. The lowest BCUT2D eigenvalue weighted by Gasteiger charge is -2.10. The Morgan fingerprint density at radius 1 is 1.07 bits per heavy atom. The van der Waals surface area contributed by atoms with Crippen LogP contribution in [0.25, 0.3) is 22.2 Å². The number of pyridine rings is 1. The first kappa shape index (κ1) is 17.0. The molecule has 4 rings (SSSR count). The first-order valence-corrected chi connectivity index (χ1v) is 8.62. The summed E-state index contributed by atoms with van der Waals surface area (Å²) in [5.74, 6) is 0.205. The van der Waals surface area contributed by atoms with E-state index in [0.29, 0.717) is 27.6 Å². The SMILES string of the molecule is O=C(N/N=C\c1ccco1)c1cc(-c2ccccc2Cl)nc2ccccc12. The summed E-state index contributed by atoms with van der Waals surface area (Å²) in [5.41, 5.74) is 5.09. The van der Waals surface area contributed by atoms with Crippen LogP contribution < -0.4 is 5.43 Å². The van der Waals surface area contributed by atoms with Gasteiger partial charge in [0.25, 0.3) is 5.91 Å². The van der Waals surface area contributed by atoms with Crippen molar-refractivity contribution in [1.29, 1.82) is 0 Å². The highest BCUT2D eigenvalue weighted by Gasteiger charge is 2.14. The second-order valence-corrected chi connectivity index (χ2v) is 6.17. The summed E-state index contributed by atoms with van der Waals surface area (Å²) in [7, 11) is 0. The van der Waals surface area contributed by atoms with Gasteiger partial charge in [0.05, 0.1) is 29.3 Å². The predicted octanol–water partition coefficient (Wildman–Crippen LogP) is 4.91. The van der Waals surface area contributed by atoms with Gasteiger partial charge in [0.2, 0.25) is 0 Å². The smallest absolute Gasteiger partial charge is 0.272 e. The van der Waals surface area contributed by atoms with Crippen molar-refractivity contribution in [1.82, 2.24) is 10.4 Å². The molecule has 0 radical (unpaired) electrons. The van der Waals surface area contributed by atoms with Crippen molar-refractivity contribution in [2.45, 2.75) is 0 Å². The van der Waals surface area contributed by atoms with Crippen molar-refractivity contribution >= 4 is 34.6 Å². The molecule has 6 heteroatoms. The standard InChI is InChI=1S/C21H14ClN3O2/c22-18-9-3-1-8-16(18)20-12-17(15-7-2-4-10-19(15)24-20)21(26)25-23-13-14-6-5-11-27-14/h1-13H,(H,25,26)/b23-13-. The number of halogens is 1. The van der Waals surface area contributed by atoms with Crippen molar-refractivity contribution in [2.75, 3.05) is 0 Å². The number of hydrogen-bond donors (Lipinski definition) is 1. The molecule has 132 valence electrons. The van der Waals surface area contributed by atoms with Crippen LogP contribution in [-0.2, 0) is 0 Å². The second kappa shape index (κ2) is 7.43. The van der Waals surface area contributed by atoms with Crippen LogP contribution in [0.4, 0.5) is 0 Å². The van der Waals surface area contributed by atoms with Gasteiger partial charge < -0.3 is 4.42 Å². The first-order chi connectivity index (χ1) is 13.2. The summed E-state index contributed by atoms with van der Waals surface area (Å²) in [4.78, 5) is 17.4. The summed E-state index contributed by atoms with van der Waals surface area (Å²) in [6, 6.07) is 20.1. The number of hydrazone groups is 1. The Kier molecular flexibility index (Phi) is 4.68. The lowest BCUT2D eigenvalue weighted by Crippen LogP contribution is -2.18. The number of nitrogens with zero attached hydrogens (tertiary/aromatic N) is 2. The molecule has 1 N–H and O–H groups in total. The van der Waals surface area contributed by atoms with Gasteiger partial charge in [-0.05, 0) is 30.3 Å². The molecular formula is C21H14ClN3O2. The van der Waals surface area contributed by atoms with Gasteiger partial charge in [-0.3, -0.25) is 4.79 Å². The van der Waals surface area contributed by atoms with E-state index in [0.717, 1.165) is 10.9 Å². The van der Waals surface area contributed by atoms with Crippen LogP contribution >= 0.6 is 11.6 Å². The zero-order valence-corrected chi connectivity index (χ0v) is 14.9. The fourth-order valence-corrected chi connectivity index (χ4v) is 2.98. The fraction of sp³-hybridized carbons (Fsp3) is 0. The average Bonchev–Trinajstić information content (AvgIpc) is 3.21. The number of fused-ring (bicyclic) bond motifs is 1. The van der Waals surface area contributed by atoms with Crippen LogP contribution in [-0.4, -0.2) is 17.1 Å². The molecule has 0 aliphatic carbocycles. The molecule has 0 aliphatic heterocycles. The van der Waals surface area contributed by atoms with Gasteiger partial charge in [-0.1, -0.05) is 48.0 Å². The lowest BCUT2D eigenvalue weighted by molar-refractivity contribution is 0.0956. The van der Waals surface area contributed by atoms with Crippen molar-refractivity contribution in [3.05, 3.63) is 89.3 Å². The van der Waals surface area contributed by atoms with Gasteiger partial charge in [-0.2, -0.15) is 5.10 Å². The third-order valence-corrected chi connectivity index (χ3v) is 4.34. The normalized spacial score (nSPS) is 11.1. The summed E-state index contributed by atoms with van der Waals surface area (Å²) in [6.07, 6.45) is 2.98. The minimum Gasteiger partial charge on any atom is -0.463 e.